The van der Waals surface area contributed by atoms with Gasteiger partial charge in [0.2, 0.25) is 17.7 Å². The predicted molar refractivity (Wildman–Crippen MR) is 149 cm³/mol. The van der Waals surface area contributed by atoms with E-state index in [2.05, 4.69) is 5.32 Å². The van der Waals surface area contributed by atoms with E-state index in [9.17, 15) is 32.3 Å². The zero-order chi connectivity index (χ0) is 28.9. The highest BCUT2D eigenvalue weighted by atomic mass is 32.2. The van der Waals surface area contributed by atoms with Crippen molar-refractivity contribution in [2.45, 2.75) is 28.9 Å². The van der Waals surface area contributed by atoms with Crippen LogP contribution < -0.4 is 15.1 Å². The third-order valence-electron chi connectivity index (χ3n) is 7.00. The molecule has 2 aliphatic rings. The largest absolute Gasteiger partial charge is 0.416 e. The lowest BCUT2D eigenvalue weighted by Crippen LogP contribution is -2.33. The molecule has 1 saturated heterocycles. The fourth-order valence-electron chi connectivity index (χ4n) is 5.22. The van der Waals surface area contributed by atoms with Gasteiger partial charge in [-0.15, -0.1) is 0 Å². The topological polar surface area (TPSA) is 88.5 Å². The summed E-state index contributed by atoms with van der Waals surface area (Å²) in [5.41, 5.74) is 0.222. The zero-order valence-corrected chi connectivity index (χ0v) is 22.6. The molecule has 0 bridgehead atoms. The minimum absolute atomic E-state index is 0.0630. The molecule has 4 aromatic rings. The van der Waals surface area contributed by atoms with Gasteiger partial charge in [-0.05, 0) is 35.9 Å². The molecular formula is C29H20F3N3O4S2. The predicted octanol–water partition coefficient (Wildman–Crippen LogP) is 5.36. The van der Waals surface area contributed by atoms with Crippen LogP contribution in [0.3, 0.4) is 0 Å². The molecule has 0 aliphatic carbocycles. The number of alkyl halides is 3. The second-order valence-corrected chi connectivity index (χ2v) is 11.7. The molecule has 3 aromatic carbocycles. The second kappa shape index (κ2) is 10.3. The van der Waals surface area contributed by atoms with Crippen LogP contribution in [0.5, 0.6) is 0 Å². The number of thioether (sulfide) groups is 1. The van der Waals surface area contributed by atoms with Gasteiger partial charge in [0, 0.05) is 16.5 Å². The van der Waals surface area contributed by atoms with E-state index in [-0.39, 0.29) is 11.6 Å². The molecule has 3 atom stereocenters. The Bertz CT molecular complexity index is 1720. The highest BCUT2D eigenvalue weighted by molar-refractivity contribution is 8.00. The number of thiazole rings is 1. The van der Waals surface area contributed by atoms with Crippen LogP contribution in [0.25, 0.3) is 0 Å². The van der Waals surface area contributed by atoms with Crippen molar-refractivity contribution in [1.29, 1.82) is 0 Å². The molecule has 41 heavy (non-hydrogen) atoms. The molecule has 0 saturated carbocycles. The van der Waals surface area contributed by atoms with Gasteiger partial charge in [0.1, 0.15) is 11.8 Å². The number of aromatic nitrogens is 1. The molecule has 2 aliphatic heterocycles. The number of anilines is 2. The highest BCUT2D eigenvalue weighted by Crippen LogP contribution is 2.53. The van der Waals surface area contributed by atoms with E-state index in [0.29, 0.717) is 15.6 Å². The number of fused-ring (bicyclic) bond motifs is 2. The number of imide groups is 1. The number of amides is 3. The molecule has 208 valence electrons. The van der Waals surface area contributed by atoms with Crippen molar-refractivity contribution in [3.8, 4) is 0 Å². The maximum absolute atomic E-state index is 13.8. The Kier molecular flexibility index (Phi) is 6.82. The van der Waals surface area contributed by atoms with Crippen LogP contribution in [0, 0.1) is 5.92 Å². The number of para-hydroxylation sites is 1. The fraction of sp³-hybridized carbons (Fsp3) is 0.172. The van der Waals surface area contributed by atoms with Crippen LogP contribution in [0.15, 0.2) is 94.7 Å². The number of carbonyl (C=O) groups excluding carboxylic acids is 3. The first-order valence-electron chi connectivity index (χ1n) is 12.5. The van der Waals surface area contributed by atoms with E-state index in [4.69, 9.17) is 0 Å². The average molecular weight is 596 g/mol. The summed E-state index contributed by atoms with van der Waals surface area (Å²) in [4.78, 5) is 54.8. The van der Waals surface area contributed by atoms with Crippen LogP contribution in [0.2, 0.25) is 0 Å². The van der Waals surface area contributed by atoms with Crippen LogP contribution in [0.4, 0.5) is 24.5 Å². The van der Waals surface area contributed by atoms with Crippen molar-refractivity contribution in [2.75, 3.05) is 10.2 Å². The number of carbonyl (C=O) groups is 3. The van der Waals surface area contributed by atoms with E-state index in [1.807, 2.05) is 30.3 Å². The molecule has 0 spiro atoms. The van der Waals surface area contributed by atoms with Crippen LogP contribution in [0.1, 0.15) is 21.9 Å². The lowest BCUT2D eigenvalue weighted by Gasteiger charge is -2.30. The normalized spacial score (nSPS) is 20.1. The number of halogens is 3. The van der Waals surface area contributed by atoms with Crippen LogP contribution in [-0.2, 0) is 27.1 Å². The molecule has 0 radical (unpaired) electrons. The summed E-state index contributed by atoms with van der Waals surface area (Å²) in [5, 5.41) is 1.98. The van der Waals surface area contributed by atoms with Crippen molar-refractivity contribution in [2.24, 2.45) is 5.92 Å². The number of nitrogens with zero attached hydrogens (tertiary/aromatic N) is 2. The third-order valence-corrected chi connectivity index (χ3v) is 9.60. The molecule has 7 nitrogen and oxygen atoms in total. The monoisotopic (exact) mass is 595 g/mol. The van der Waals surface area contributed by atoms with Crippen molar-refractivity contribution < 1.29 is 27.6 Å². The minimum Gasteiger partial charge on any atom is -0.325 e. The van der Waals surface area contributed by atoms with Gasteiger partial charge in [-0.1, -0.05) is 77.7 Å². The van der Waals surface area contributed by atoms with Gasteiger partial charge in [-0.3, -0.25) is 23.7 Å². The number of benzene rings is 3. The fourth-order valence-corrected chi connectivity index (χ4v) is 8.00. The summed E-state index contributed by atoms with van der Waals surface area (Å²) in [6, 6.07) is 21.9. The number of hydrogen-bond acceptors (Lipinski definition) is 6. The lowest BCUT2D eigenvalue weighted by molar-refractivity contribution is -0.137. The van der Waals surface area contributed by atoms with Crippen LogP contribution in [-0.4, -0.2) is 27.5 Å². The van der Waals surface area contributed by atoms with Gasteiger partial charge in [0.05, 0.1) is 22.2 Å². The molecule has 3 unspecified atom stereocenters. The van der Waals surface area contributed by atoms with Gasteiger partial charge in [0.15, 0.2) is 0 Å². The Balaban J connectivity index is 1.36. The summed E-state index contributed by atoms with van der Waals surface area (Å²) in [7, 11) is 0. The first-order chi connectivity index (χ1) is 19.6. The number of hydrogen-bond donors (Lipinski definition) is 1. The Morgan fingerprint density at radius 2 is 1.56 bits per heavy atom. The first-order valence-corrected chi connectivity index (χ1v) is 14.2. The van der Waals surface area contributed by atoms with Gasteiger partial charge in [0.25, 0.3) is 0 Å². The van der Waals surface area contributed by atoms with Gasteiger partial charge >= 0.3 is 11.0 Å². The summed E-state index contributed by atoms with van der Waals surface area (Å²) < 4.78 is 40.6. The maximum atomic E-state index is 13.8. The molecule has 3 amide bonds. The van der Waals surface area contributed by atoms with Crippen molar-refractivity contribution in [3.05, 3.63) is 111 Å². The summed E-state index contributed by atoms with van der Waals surface area (Å²) in [5.74, 6) is -2.86. The molecule has 1 fully saturated rings. The molecule has 1 N–H and O–H groups in total. The first kappa shape index (κ1) is 27.0. The molecule has 1 aromatic heterocycles. The molecular weight excluding hydrogens is 575 g/mol. The Morgan fingerprint density at radius 1 is 0.878 bits per heavy atom. The van der Waals surface area contributed by atoms with Gasteiger partial charge < -0.3 is 5.32 Å². The van der Waals surface area contributed by atoms with E-state index in [1.165, 1.54) is 21.6 Å². The molecule has 6 rings (SSSR count). The van der Waals surface area contributed by atoms with Gasteiger partial charge in [-0.25, -0.2) is 4.90 Å². The minimum atomic E-state index is -4.58. The zero-order valence-electron chi connectivity index (χ0n) is 21.0. The molecule has 3 heterocycles. The van der Waals surface area contributed by atoms with Crippen molar-refractivity contribution in [3.63, 3.8) is 0 Å². The Hall–Kier alpha value is -4.16. The maximum Gasteiger partial charge on any atom is 0.416 e. The highest BCUT2D eigenvalue weighted by Gasteiger charge is 2.56. The summed E-state index contributed by atoms with van der Waals surface area (Å²) in [6.45, 7) is -0.475. The van der Waals surface area contributed by atoms with Crippen molar-refractivity contribution >= 4 is 52.2 Å². The Labute approximate surface area is 239 Å². The standard InChI is InChI=1S/C29H20F3N3O4S2/c30-29(31,32)17-10-7-11-18(14-17)33-20(36)15-34-27-24(41-28(34)39)21(16-8-3-1-4-9-16)22-23(40-27)26(38)35(25(22)37)19-12-5-2-6-13-19/h1-14,21-23H,15H2,(H,33,36). The second-order valence-electron chi connectivity index (χ2n) is 9.55. The van der Waals surface area contributed by atoms with E-state index >= 15 is 0 Å². The van der Waals surface area contributed by atoms with E-state index < -0.39 is 52.1 Å². The quantitative estimate of drug-likeness (QED) is 0.314. The Morgan fingerprint density at radius 3 is 2.24 bits per heavy atom. The van der Waals surface area contributed by atoms with Crippen molar-refractivity contribution in [1.82, 2.24) is 4.57 Å². The average Bonchev–Trinajstić information content (AvgIpc) is 3.39. The smallest absolute Gasteiger partial charge is 0.325 e. The lowest BCUT2D eigenvalue weighted by atomic mass is 9.83. The third kappa shape index (κ3) is 4.87. The summed E-state index contributed by atoms with van der Waals surface area (Å²) >= 11 is 1.97. The van der Waals surface area contributed by atoms with Gasteiger partial charge in [-0.2, -0.15) is 13.2 Å². The molecule has 12 heteroatoms. The number of nitrogens with one attached hydrogen (secondary N) is 1. The SMILES string of the molecule is O=C(Cn1c2c(sc1=O)C(c1ccccc1)C1C(=O)N(c3ccccc3)C(=O)C1S2)Nc1cccc(C(F)(F)F)c1. The van der Waals surface area contributed by atoms with Crippen LogP contribution >= 0.6 is 23.1 Å². The number of rotatable bonds is 5. The van der Waals surface area contributed by atoms with E-state index in [0.717, 1.165) is 40.8 Å². The summed E-state index contributed by atoms with van der Waals surface area (Å²) in [6.07, 6.45) is -4.58. The van der Waals surface area contributed by atoms with E-state index in [1.54, 1.807) is 30.3 Å².